The van der Waals surface area contributed by atoms with Gasteiger partial charge in [-0.1, -0.05) is 6.08 Å². The third kappa shape index (κ3) is 3.69. The number of rotatable bonds is 2. The zero-order valence-electron chi connectivity index (χ0n) is 11.0. The van der Waals surface area contributed by atoms with Crippen molar-refractivity contribution in [3.8, 4) is 0 Å². The zero-order chi connectivity index (χ0) is 13.1. The summed E-state index contributed by atoms with van der Waals surface area (Å²) in [5, 5.41) is 10.8. The van der Waals surface area contributed by atoms with E-state index in [1.54, 1.807) is 17.2 Å². The molecule has 1 amide bonds. The molecule has 1 aliphatic heterocycles. The molecule has 5 nitrogen and oxygen atoms in total. The molecular formula is C13H13LiN2O3. The summed E-state index contributed by atoms with van der Waals surface area (Å²) in [6, 6.07) is 1.55. The number of carbonyl (C=O) groups excluding carboxylic acids is 2. The quantitative estimate of drug-likeness (QED) is 0.529. The van der Waals surface area contributed by atoms with E-state index in [0.29, 0.717) is 19.5 Å². The zero-order valence-corrected chi connectivity index (χ0v) is 11.0. The summed E-state index contributed by atoms with van der Waals surface area (Å²) in [5.74, 6) is -1.18. The van der Waals surface area contributed by atoms with E-state index < -0.39 is 5.97 Å². The van der Waals surface area contributed by atoms with E-state index in [9.17, 15) is 14.7 Å². The molecule has 0 spiro atoms. The van der Waals surface area contributed by atoms with Gasteiger partial charge in [0.15, 0.2) is 0 Å². The number of carboxylic acid groups (broad SMARTS) is 1. The fraction of sp³-hybridized carbons (Fsp3) is 0.308. The molecule has 6 heteroatoms. The molecule has 0 atom stereocenters. The summed E-state index contributed by atoms with van der Waals surface area (Å²) < 4.78 is 0. The first-order valence-electron chi connectivity index (χ1n) is 5.69. The van der Waals surface area contributed by atoms with Crippen LogP contribution in [0.2, 0.25) is 0 Å². The molecule has 94 valence electrons. The average molecular weight is 252 g/mol. The van der Waals surface area contributed by atoms with E-state index in [0.717, 1.165) is 11.1 Å². The predicted molar refractivity (Wildman–Crippen MR) is 63.4 cm³/mol. The van der Waals surface area contributed by atoms with Crippen molar-refractivity contribution in [2.45, 2.75) is 13.3 Å². The number of carboxylic acids is 1. The molecule has 0 saturated carbocycles. The first-order chi connectivity index (χ1) is 8.58. The van der Waals surface area contributed by atoms with Crippen LogP contribution < -0.4 is 24.0 Å². The van der Waals surface area contributed by atoms with Crippen LogP contribution in [0.1, 0.15) is 29.3 Å². The Bertz CT molecular complexity index is 528. The second-order valence-electron chi connectivity index (χ2n) is 4.19. The molecule has 1 aromatic rings. The van der Waals surface area contributed by atoms with Crippen LogP contribution in [-0.4, -0.2) is 34.8 Å². The smallest absolute Gasteiger partial charge is 0.545 e. The van der Waals surface area contributed by atoms with Crippen LogP contribution in [0.5, 0.6) is 0 Å². The number of hydrogen-bond acceptors (Lipinski definition) is 4. The maximum absolute atomic E-state index is 11.2. The van der Waals surface area contributed by atoms with Crippen molar-refractivity contribution in [3.63, 3.8) is 0 Å². The normalized spacial score (nSPS) is 14.4. The van der Waals surface area contributed by atoms with E-state index in [2.05, 4.69) is 4.98 Å². The number of hydrogen-bond donors (Lipinski definition) is 0. The van der Waals surface area contributed by atoms with Crippen molar-refractivity contribution in [1.82, 2.24) is 9.88 Å². The minimum atomic E-state index is -1.23. The van der Waals surface area contributed by atoms with Crippen molar-refractivity contribution in [1.29, 1.82) is 0 Å². The van der Waals surface area contributed by atoms with E-state index in [1.807, 2.05) is 6.08 Å². The van der Waals surface area contributed by atoms with Crippen LogP contribution >= 0.6 is 0 Å². The summed E-state index contributed by atoms with van der Waals surface area (Å²) in [5.41, 5.74) is 1.87. The molecule has 2 rings (SSSR count). The Morgan fingerprint density at radius 3 is 2.63 bits per heavy atom. The second-order valence-corrected chi connectivity index (χ2v) is 4.19. The monoisotopic (exact) mass is 252 g/mol. The van der Waals surface area contributed by atoms with E-state index in [4.69, 9.17) is 0 Å². The van der Waals surface area contributed by atoms with Crippen molar-refractivity contribution in [3.05, 3.63) is 35.7 Å². The van der Waals surface area contributed by atoms with Crippen LogP contribution in [-0.2, 0) is 4.79 Å². The molecule has 0 aromatic carbocycles. The van der Waals surface area contributed by atoms with Crippen LogP contribution in [0.3, 0.4) is 0 Å². The number of pyridine rings is 1. The van der Waals surface area contributed by atoms with Gasteiger partial charge in [-0.05, 0) is 23.6 Å². The van der Waals surface area contributed by atoms with Gasteiger partial charge in [0.2, 0.25) is 5.91 Å². The fourth-order valence-electron chi connectivity index (χ4n) is 1.94. The van der Waals surface area contributed by atoms with E-state index in [1.165, 1.54) is 13.1 Å². The minimum absolute atomic E-state index is 0. The van der Waals surface area contributed by atoms with E-state index in [-0.39, 0.29) is 30.3 Å². The molecule has 0 bridgehead atoms. The maximum atomic E-state index is 11.2. The van der Waals surface area contributed by atoms with Gasteiger partial charge in [-0.25, -0.2) is 0 Å². The maximum Gasteiger partial charge on any atom is 1.00 e. The number of nitrogens with zero attached hydrogens (tertiary/aromatic N) is 2. The van der Waals surface area contributed by atoms with Gasteiger partial charge in [-0.3, -0.25) is 9.78 Å². The van der Waals surface area contributed by atoms with Gasteiger partial charge in [-0.15, -0.1) is 0 Å². The first-order valence-corrected chi connectivity index (χ1v) is 5.69. The molecule has 0 aliphatic carbocycles. The third-order valence-corrected chi connectivity index (χ3v) is 3.00. The Morgan fingerprint density at radius 1 is 1.37 bits per heavy atom. The van der Waals surface area contributed by atoms with Crippen molar-refractivity contribution in [2.75, 3.05) is 13.1 Å². The minimum Gasteiger partial charge on any atom is -0.545 e. The molecule has 1 aromatic heterocycles. The summed E-state index contributed by atoms with van der Waals surface area (Å²) in [6.45, 7) is 2.74. The summed E-state index contributed by atoms with van der Waals surface area (Å²) >= 11 is 0. The van der Waals surface area contributed by atoms with Gasteiger partial charge >= 0.3 is 18.9 Å². The van der Waals surface area contributed by atoms with Crippen molar-refractivity contribution in [2.24, 2.45) is 0 Å². The largest absolute Gasteiger partial charge is 1.00 e. The molecular weight excluding hydrogens is 239 g/mol. The van der Waals surface area contributed by atoms with Gasteiger partial charge in [-0.2, -0.15) is 0 Å². The predicted octanol–water partition coefficient (Wildman–Crippen LogP) is -2.92. The van der Waals surface area contributed by atoms with Crippen LogP contribution in [0.25, 0.3) is 5.57 Å². The Labute approximate surface area is 123 Å². The van der Waals surface area contributed by atoms with E-state index >= 15 is 0 Å². The molecule has 0 saturated heterocycles. The Kier molecular flexibility index (Phi) is 5.34. The van der Waals surface area contributed by atoms with Crippen LogP contribution in [0.15, 0.2) is 24.5 Å². The van der Waals surface area contributed by atoms with Crippen LogP contribution in [0.4, 0.5) is 0 Å². The van der Waals surface area contributed by atoms with Gasteiger partial charge in [0, 0.05) is 38.0 Å². The molecule has 0 N–H and O–H groups in total. The third-order valence-electron chi connectivity index (χ3n) is 3.00. The topological polar surface area (TPSA) is 73.3 Å². The summed E-state index contributed by atoms with van der Waals surface area (Å²) in [6.07, 6.45) is 5.53. The molecule has 0 unspecified atom stereocenters. The SMILES string of the molecule is CC(=O)N1CC=C(c2cncc(C(=O)[O-])c2)CC1.[Li+]. The van der Waals surface area contributed by atoms with Crippen LogP contribution in [0, 0.1) is 0 Å². The Morgan fingerprint density at radius 2 is 2.11 bits per heavy atom. The fourth-order valence-corrected chi connectivity index (χ4v) is 1.94. The van der Waals surface area contributed by atoms with Gasteiger partial charge in [0.1, 0.15) is 0 Å². The second kappa shape index (κ2) is 6.55. The number of aromatic carboxylic acids is 1. The van der Waals surface area contributed by atoms with Crippen molar-refractivity contribution >= 4 is 17.4 Å². The van der Waals surface area contributed by atoms with Gasteiger partial charge < -0.3 is 14.8 Å². The molecule has 19 heavy (non-hydrogen) atoms. The van der Waals surface area contributed by atoms with Crippen molar-refractivity contribution < 1.29 is 33.6 Å². The van der Waals surface area contributed by atoms with Gasteiger partial charge in [0.25, 0.3) is 0 Å². The first kappa shape index (κ1) is 15.5. The summed E-state index contributed by atoms with van der Waals surface area (Å²) in [4.78, 5) is 27.6. The standard InChI is InChI=1S/C13H14N2O3.Li/c1-9(16)15-4-2-10(3-5-15)11-6-12(13(17)18)8-14-7-11;/h2,6-8H,3-5H2,1H3,(H,17,18);/q;+1/p-1. The number of carbonyl (C=O) groups is 2. The molecule has 2 heterocycles. The average Bonchev–Trinajstić information content (AvgIpc) is 2.39. The number of amides is 1. The summed E-state index contributed by atoms with van der Waals surface area (Å²) in [7, 11) is 0. The molecule has 0 fully saturated rings. The molecule has 1 aliphatic rings. The Hall–Kier alpha value is -1.57. The van der Waals surface area contributed by atoms with Gasteiger partial charge in [0.05, 0.1) is 5.97 Å². The molecule has 0 radical (unpaired) electrons. The number of aromatic nitrogens is 1. The Balaban J connectivity index is 0.00000180.